The van der Waals surface area contributed by atoms with Crippen molar-refractivity contribution < 1.29 is 0 Å². The van der Waals surface area contributed by atoms with Crippen molar-refractivity contribution in [1.82, 2.24) is 0 Å². The van der Waals surface area contributed by atoms with E-state index in [1.165, 1.54) is 38.5 Å². The Hall–Kier alpha value is -0.0400. The van der Waals surface area contributed by atoms with Gasteiger partial charge in [-0.25, -0.2) is 0 Å². The van der Waals surface area contributed by atoms with Crippen LogP contribution in [-0.4, -0.2) is 6.04 Å². The standard InChI is InChI=1S/C13H27N/c1-5-12(3,4)13(6-2)9-7-11(14)8-10-13/h11H,5-10,14H2,1-4H3. The Morgan fingerprint density at radius 2 is 1.71 bits per heavy atom. The smallest absolute Gasteiger partial charge is 0.00392 e. The highest BCUT2D eigenvalue weighted by atomic mass is 14.7. The molecule has 0 atom stereocenters. The highest BCUT2D eigenvalue weighted by Gasteiger charge is 2.43. The van der Waals surface area contributed by atoms with E-state index in [2.05, 4.69) is 27.7 Å². The van der Waals surface area contributed by atoms with Gasteiger partial charge in [0.2, 0.25) is 0 Å². The van der Waals surface area contributed by atoms with E-state index in [1.807, 2.05) is 0 Å². The van der Waals surface area contributed by atoms with Gasteiger partial charge in [0.25, 0.3) is 0 Å². The van der Waals surface area contributed by atoms with Crippen LogP contribution >= 0.6 is 0 Å². The minimum Gasteiger partial charge on any atom is -0.328 e. The van der Waals surface area contributed by atoms with Crippen LogP contribution < -0.4 is 5.73 Å². The third-order valence-corrected chi connectivity index (χ3v) is 4.98. The van der Waals surface area contributed by atoms with E-state index in [0.717, 1.165) is 0 Å². The van der Waals surface area contributed by atoms with Gasteiger partial charge in [-0.15, -0.1) is 0 Å². The van der Waals surface area contributed by atoms with E-state index < -0.39 is 0 Å². The summed E-state index contributed by atoms with van der Waals surface area (Å²) in [5.74, 6) is 0. The van der Waals surface area contributed by atoms with Gasteiger partial charge in [0, 0.05) is 6.04 Å². The van der Waals surface area contributed by atoms with Crippen LogP contribution in [0.1, 0.15) is 66.2 Å². The van der Waals surface area contributed by atoms with Gasteiger partial charge in [-0.1, -0.05) is 34.1 Å². The van der Waals surface area contributed by atoms with Gasteiger partial charge < -0.3 is 5.73 Å². The van der Waals surface area contributed by atoms with Crippen LogP contribution in [0, 0.1) is 10.8 Å². The number of hydrogen-bond donors (Lipinski definition) is 1. The SMILES string of the molecule is CCC(C)(C)C1(CC)CCC(N)CC1. The Kier molecular flexibility index (Phi) is 3.63. The van der Waals surface area contributed by atoms with Gasteiger partial charge >= 0.3 is 0 Å². The lowest BCUT2D eigenvalue weighted by atomic mass is 9.56. The van der Waals surface area contributed by atoms with Crippen molar-refractivity contribution in [2.45, 2.75) is 72.3 Å². The van der Waals surface area contributed by atoms with E-state index >= 15 is 0 Å². The van der Waals surface area contributed by atoms with Gasteiger partial charge in [0.15, 0.2) is 0 Å². The molecule has 14 heavy (non-hydrogen) atoms. The van der Waals surface area contributed by atoms with Crippen molar-refractivity contribution in [3.05, 3.63) is 0 Å². The molecule has 0 amide bonds. The molecule has 1 nitrogen and oxygen atoms in total. The fourth-order valence-corrected chi connectivity index (χ4v) is 3.08. The van der Waals surface area contributed by atoms with E-state index in [-0.39, 0.29) is 0 Å². The number of rotatable bonds is 3. The second kappa shape index (κ2) is 4.22. The number of nitrogens with two attached hydrogens (primary N) is 1. The summed E-state index contributed by atoms with van der Waals surface area (Å²) in [6.45, 7) is 9.56. The van der Waals surface area contributed by atoms with Gasteiger partial charge in [-0.05, 0) is 42.9 Å². The maximum Gasteiger partial charge on any atom is 0.00392 e. The molecule has 1 aliphatic rings. The molecule has 0 bridgehead atoms. The summed E-state index contributed by atoms with van der Waals surface area (Å²) in [6.07, 6.45) is 7.75. The molecule has 0 radical (unpaired) electrons. The van der Waals surface area contributed by atoms with Crippen molar-refractivity contribution in [3.63, 3.8) is 0 Å². The largest absolute Gasteiger partial charge is 0.328 e. The summed E-state index contributed by atoms with van der Waals surface area (Å²) >= 11 is 0. The van der Waals surface area contributed by atoms with Crippen molar-refractivity contribution >= 4 is 0 Å². The normalized spacial score (nSPS) is 34.5. The first-order valence-electron chi connectivity index (χ1n) is 6.23. The molecule has 1 heteroatoms. The average Bonchev–Trinajstić information content (AvgIpc) is 2.19. The van der Waals surface area contributed by atoms with Crippen molar-refractivity contribution in [1.29, 1.82) is 0 Å². The fraction of sp³-hybridized carbons (Fsp3) is 1.00. The highest BCUT2D eigenvalue weighted by molar-refractivity contribution is 4.95. The Bertz CT molecular complexity index is 176. The van der Waals surface area contributed by atoms with Crippen LogP contribution in [0.2, 0.25) is 0 Å². The molecule has 0 aliphatic heterocycles. The second-order valence-electron chi connectivity index (χ2n) is 5.71. The summed E-state index contributed by atoms with van der Waals surface area (Å²) in [6, 6.07) is 0.474. The Morgan fingerprint density at radius 1 is 1.21 bits per heavy atom. The zero-order chi connectivity index (χ0) is 10.8. The monoisotopic (exact) mass is 197 g/mol. The minimum absolute atomic E-state index is 0.474. The molecule has 0 aromatic heterocycles. The molecule has 1 rings (SSSR count). The molecule has 1 aliphatic carbocycles. The Balaban J connectivity index is 2.77. The zero-order valence-corrected chi connectivity index (χ0v) is 10.4. The maximum absolute atomic E-state index is 6.00. The molecule has 1 fully saturated rings. The molecule has 1 saturated carbocycles. The Morgan fingerprint density at radius 3 is 2.07 bits per heavy atom. The molecule has 0 saturated heterocycles. The molecular formula is C13H27N. The third-order valence-electron chi connectivity index (χ3n) is 4.98. The molecule has 0 aromatic rings. The predicted molar refractivity (Wildman–Crippen MR) is 63.2 cm³/mol. The molecule has 0 unspecified atom stereocenters. The average molecular weight is 197 g/mol. The van der Waals surface area contributed by atoms with E-state index in [4.69, 9.17) is 5.73 Å². The lowest BCUT2D eigenvalue weighted by Crippen LogP contribution is -2.43. The van der Waals surface area contributed by atoms with Crippen LogP contribution in [0.15, 0.2) is 0 Å². The first kappa shape index (κ1) is 12.0. The third kappa shape index (κ3) is 1.98. The molecule has 0 heterocycles. The van der Waals surface area contributed by atoms with Crippen molar-refractivity contribution in [2.24, 2.45) is 16.6 Å². The maximum atomic E-state index is 6.00. The van der Waals surface area contributed by atoms with Crippen LogP contribution in [0.4, 0.5) is 0 Å². The van der Waals surface area contributed by atoms with Crippen LogP contribution in [-0.2, 0) is 0 Å². The molecule has 84 valence electrons. The number of hydrogen-bond acceptors (Lipinski definition) is 1. The summed E-state index contributed by atoms with van der Waals surface area (Å²) in [5.41, 5.74) is 7.05. The van der Waals surface area contributed by atoms with Gasteiger partial charge in [-0.3, -0.25) is 0 Å². The van der Waals surface area contributed by atoms with Crippen LogP contribution in [0.3, 0.4) is 0 Å². The van der Waals surface area contributed by atoms with Crippen molar-refractivity contribution in [3.8, 4) is 0 Å². The second-order valence-corrected chi connectivity index (χ2v) is 5.71. The predicted octanol–water partition coefficient (Wildman–Crippen LogP) is 3.72. The summed E-state index contributed by atoms with van der Waals surface area (Å²) in [7, 11) is 0. The molecule has 0 aromatic carbocycles. The van der Waals surface area contributed by atoms with Crippen LogP contribution in [0.5, 0.6) is 0 Å². The topological polar surface area (TPSA) is 26.0 Å². The highest BCUT2D eigenvalue weighted by Crippen LogP contribution is 2.53. The van der Waals surface area contributed by atoms with Gasteiger partial charge in [0.05, 0.1) is 0 Å². The minimum atomic E-state index is 0.474. The van der Waals surface area contributed by atoms with E-state index in [1.54, 1.807) is 0 Å². The van der Waals surface area contributed by atoms with E-state index in [0.29, 0.717) is 16.9 Å². The summed E-state index contributed by atoms with van der Waals surface area (Å²) < 4.78 is 0. The first-order chi connectivity index (χ1) is 6.47. The Labute approximate surface area is 89.5 Å². The zero-order valence-electron chi connectivity index (χ0n) is 10.4. The summed E-state index contributed by atoms with van der Waals surface area (Å²) in [4.78, 5) is 0. The molecular weight excluding hydrogens is 170 g/mol. The lowest BCUT2D eigenvalue weighted by Gasteiger charge is -2.50. The fourth-order valence-electron chi connectivity index (χ4n) is 3.08. The molecule has 2 N–H and O–H groups in total. The van der Waals surface area contributed by atoms with Crippen molar-refractivity contribution in [2.75, 3.05) is 0 Å². The first-order valence-corrected chi connectivity index (χ1v) is 6.23. The summed E-state index contributed by atoms with van der Waals surface area (Å²) in [5, 5.41) is 0. The van der Waals surface area contributed by atoms with Gasteiger partial charge in [-0.2, -0.15) is 0 Å². The lowest BCUT2D eigenvalue weighted by molar-refractivity contribution is 0.0122. The van der Waals surface area contributed by atoms with Crippen LogP contribution in [0.25, 0.3) is 0 Å². The van der Waals surface area contributed by atoms with E-state index in [9.17, 15) is 0 Å². The quantitative estimate of drug-likeness (QED) is 0.733. The molecule has 0 spiro atoms. The van der Waals surface area contributed by atoms with Gasteiger partial charge in [0.1, 0.15) is 0 Å².